The van der Waals surface area contributed by atoms with Gasteiger partial charge in [-0.3, -0.25) is 23.4 Å². The first-order valence-electron chi connectivity index (χ1n) is 26.4. The van der Waals surface area contributed by atoms with Crippen molar-refractivity contribution in [2.45, 2.75) is 200 Å². The van der Waals surface area contributed by atoms with Crippen LogP contribution in [0.25, 0.3) is 0 Å². The van der Waals surface area contributed by atoms with Crippen molar-refractivity contribution in [2.24, 2.45) is 0 Å². The van der Waals surface area contributed by atoms with Gasteiger partial charge in [-0.05, 0) is 103 Å². The topological polar surface area (TPSA) is 155 Å². The number of allylic oxidation sites excluding steroid dienone is 19. The van der Waals surface area contributed by atoms with Gasteiger partial charge in [0.15, 0.2) is 6.10 Å². The van der Waals surface area contributed by atoms with Crippen molar-refractivity contribution in [3.8, 4) is 0 Å². The van der Waals surface area contributed by atoms with E-state index in [1.165, 1.54) is 12.8 Å². The predicted molar refractivity (Wildman–Crippen MR) is 288 cm³/mol. The Bertz CT molecular complexity index is 1630. The number of rotatable bonds is 47. The van der Waals surface area contributed by atoms with Gasteiger partial charge in [-0.2, -0.15) is 0 Å². The van der Waals surface area contributed by atoms with E-state index in [1.807, 2.05) is 18.2 Å². The number of aliphatic hydroxyl groups excluding tert-OH is 1. The lowest BCUT2D eigenvalue weighted by molar-refractivity contribution is -0.160. The van der Waals surface area contributed by atoms with Gasteiger partial charge in [-0.25, -0.2) is 4.57 Å². The Balaban J connectivity index is 4.92. The average molecular weight is 997 g/mol. The van der Waals surface area contributed by atoms with Crippen molar-refractivity contribution in [3.05, 3.63) is 122 Å². The summed E-state index contributed by atoms with van der Waals surface area (Å²) in [6.45, 7) is 4.19. The highest BCUT2D eigenvalue weighted by molar-refractivity contribution is 7.47. The fraction of sp³-hybridized carbons (Fsp3) is 0.603. The second kappa shape index (κ2) is 51.2. The van der Waals surface area contributed by atoms with Crippen LogP contribution in [0.5, 0.6) is 0 Å². The third-order valence-corrected chi connectivity index (χ3v) is 11.3. The number of phosphoric acid groups is 1. The standard InChI is InChI=1S/C58H93O11P/c1-4-7-10-13-16-19-22-24-26-27-29-30-33-35-38-41-44-47-56(60)65-51-55(69-58(62)49-46-43-40-37-34-31-28-25-23-20-17-14-11-8-5-2)53-67-70(63,64)66-52-54(50-59)68-57(61)48-45-42-39-36-32-21-18-15-12-9-6-3/h7-8,10-11,15-20,24-26,28-30,34,37,43,46,54-55,59H,4-6,9,12-14,21-23,27,31-33,35-36,38-42,44-45,47-53H2,1-3H3,(H,63,64)/b10-7-,11-8-,18-15-,19-16-,20-17-,26-24-,28-25-,30-29-,37-34-,46-43-. The van der Waals surface area contributed by atoms with Crippen LogP contribution in [0, 0.1) is 0 Å². The Morgan fingerprint density at radius 1 is 0.429 bits per heavy atom. The second-order valence-corrected chi connectivity index (χ2v) is 18.4. The lowest BCUT2D eigenvalue weighted by atomic mass is 10.1. The normalized spacial score (nSPS) is 14.4. The zero-order valence-corrected chi connectivity index (χ0v) is 44.3. The van der Waals surface area contributed by atoms with Crippen LogP contribution in [-0.4, -0.2) is 66.5 Å². The van der Waals surface area contributed by atoms with Crippen LogP contribution in [0.4, 0.5) is 0 Å². The van der Waals surface area contributed by atoms with E-state index in [4.69, 9.17) is 23.3 Å². The number of aliphatic hydroxyl groups is 1. The molecular weight excluding hydrogens is 904 g/mol. The fourth-order valence-corrected chi connectivity index (χ4v) is 7.19. The summed E-state index contributed by atoms with van der Waals surface area (Å²) in [6, 6.07) is 0. The molecule has 0 heterocycles. The molecule has 0 saturated carbocycles. The van der Waals surface area contributed by atoms with Gasteiger partial charge in [0, 0.05) is 12.8 Å². The molecule has 0 spiro atoms. The summed E-state index contributed by atoms with van der Waals surface area (Å²) in [5.74, 6) is -1.67. The Morgan fingerprint density at radius 2 is 0.800 bits per heavy atom. The number of ether oxygens (including phenoxy) is 3. The molecule has 0 aliphatic carbocycles. The van der Waals surface area contributed by atoms with Gasteiger partial charge < -0.3 is 24.2 Å². The van der Waals surface area contributed by atoms with Gasteiger partial charge in [-0.15, -0.1) is 0 Å². The Morgan fingerprint density at radius 3 is 1.27 bits per heavy atom. The van der Waals surface area contributed by atoms with E-state index in [-0.39, 0.29) is 19.3 Å². The predicted octanol–water partition coefficient (Wildman–Crippen LogP) is 15.2. The van der Waals surface area contributed by atoms with E-state index in [0.717, 1.165) is 116 Å². The van der Waals surface area contributed by atoms with Crippen LogP contribution < -0.4 is 0 Å². The molecule has 0 aromatic carbocycles. The van der Waals surface area contributed by atoms with Crippen LogP contribution in [-0.2, 0) is 42.2 Å². The minimum absolute atomic E-state index is 0.0769. The van der Waals surface area contributed by atoms with Crippen LogP contribution in [0.3, 0.4) is 0 Å². The number of hydrogen-bond donors (Lipinski definition) is 2. The summed E-state index contributed by atoms with van der Waals surface area (Å²) < 4.78 is 39.2. The molecule has 0 saturated heterocycles. The van der Waals surface area contributed by atoms with Gasteiger partial charge in [0.1, 0.15) is 12.7 Å². The molecule has 0 aromatic heterocycles. The van der Waals surface area contributed by atoms with Gasteiger partial charge in [-0.1, -0.05) is 187 Å². The molecule has 70 heavy (non-hydrogen) atoms. The first-order chi connectivity index (χ1) is 34.2. The minimum Gasteiger partial charge on any atom is -0.462 e. The summed E-state index contributed by atoms with van der Waals surface area (Å²) in [4.78, 5) is 48.3. The number of carbonyl (C=O) groups is 3. The summed E-state index contributed by atoms with van der Waals surface area (Å²) in [5, 5.41) is 9.77. The SMILES string of the molecule is CC/C=C\C/C=C\C/C=C\C/C=C\C/C=C\CC(=O)OC(COC(=O)CCCCCC/C=C\C/C=C\C/C=C\C/C=C\CC)COP(=O)(O)OCC(CO)OC(=O)CCCCCCC/C=C\CCCC. The largest absolute Gasteiger partial charge is 0.472 e. The van der Waals surface area contributed by atoms with Crippen molar-refractivity contribution >= 4 is 25.7 Å². The molecule has 3 atom stereocenters. The van der Waals surface area contributed by atoms with Gasteiger partial charge in [0.2, 0.25) is 0 Å². The number of carbonyl (C=O) groups excluding carboxylic acids is 3. The smallest absolute Gasteiger partial charge is 0.462 e. The maximum Gasteiger partial charge on any atom is 0.472 e. The Hall–Kier alpha value is -4.12. The van der Waals surface area contributed by atoms with Gasteiger partial charge >= 0.3 is 25.7 Å². The molecule has 3 unspecified atom stereocenters. The Labute approximate surface area is 424 Å². The zero-order valence-electron chi connectivity index (χ0n) is 43.4. The maximum absolute atomic E-state index is 12.8. The molecule has 0 aromatic rings. The van der Waals surface area contributed by atoms with E-state index in [2.05, 4.69) is 118 Å². The third kappa shape index (κ3) is 48.9. The van der Waals surface area contributed by atoms with Crippen LogP contribution >= 0.6 is 7.82 Å². The molecule has 0 rings (SSSR count). The van der Waals surface area contributed by atoms with Gasteiger partial charge in [0.25, 0.3) is 0 Å². The van der Waals surface area contributed by atoms with Crippen molar-refractivity contribution in [1.29, 1.82) is 0 Å². The molecule has 0 fully saturated rings. The average Bonchev–Trinajstić information content (AvgIpc) is 3.35. The monoisotopic (exact) mass is 997 g/mol. The molecule has 0 amide bonds. The molecule has 0 aliphatic heterocycles. The second-order valence-electron chi connectivity index (χ2n) is 16.9. The van der Waals surface area contributed by atoms with Gasteiger partial charge in [0.05, 0.1) is 26.2 Å². The zero-order chi connectivity index (χ0) is 51.3. The van der Waals surface area contributed by atoms with Crippen LogP contribution in [0.1, 0.15) is 188 Å². The van der Waals surface area contributed by atoms with Crippen molar-refractivity contribution in [1.82, 2.24) is 0 Å². The quantitative estimate of drug-likeness (QED) is 0.0197. The molecule has 0 radical (unpaired) electrons. The molecule has 12 heteroatoms. The maximum atomic E-state index is 12.8. The molecule has 11 nitrogen and oxygen atoms in total. The summed E-state index contributed by atoms with van der Waals surface area (Å²) in [5.41, 5.74) is 0. The number of esters is 3. The lowest BCUT2D eigenvalue weighted by Crippen LogP contribution is -2.30. The van der Waals surface area contributed by atoms with Crippen molar-refractivity contribution in [3.63, 3.8) is 0 Å². The summed E-state index contributed by atoms with van der Waals surface area (Å²) in [7, 11) is -4.78. The van der Waals surface area contributed by atoms with E-state index in [9.17, 15) is 28.9 Å². The summed E-state index contributed by atoms with van der Waals surface area (Å²) >= 11 is 0. The van der Waals surface area contributed by atoms with Crippen LogP contribution in [0.2, 0.25) is 0 Å². The highest BCUT2D eigenvalue weighted by Gasteiger charge is 2.28. The summed E-state index contributed by atoms with van der Waals surface area (Å²) in [6.07, 6.45) is 62.0. The van der Waals surface area contributed by atoms with E-state index < -0.39 is 64.4 Å². The van der Waals surface area contributed by atoms with Crippen molar-refractivity contribution < 1.29 is 52.2 Å². The number of hydrogen-bond acceptors (Lipinski definition) is 10. The highest BCUT2D eigenvalue weighted by atomic mass is 31.2. The molecular formula is C58H93O11P. The molecule has 0 bridgehead atoms. The molecule has 0 aliphatic rings. The minimum atomic E-state index is -4.78. The lowest BCUT2D eigenvalue weighted by Gasteiger charge is -2.21. The third-order valence-electron chi connectivity index (χ3n) is 10.4. The molecule has 2 N–H and O–H groups in total. The van der Waals surface area contributed by atoms with E-state index in [0.29, 0.717) is 19.3 Å². The van der Waals surface area contributed by atoms with Crippen LogP contribution in [0.15, 0.2) is 122 Å². The van der Waals surface area contributed by atoms with E-state index >= 15 is 0 Å². The van der Waals surface area contributed by atoms with Crippen molar-refractivity contribution in [2.75, 3.05) is 26.4 Å². The van der Waals surface area contributed by atoms with E-state index in [1.54, 1.807) is 6.08 Å². The fourth-order valence-electron chi connectivity index (χ4n) is 6.40. The number of phosphoric ester groups is 1. The first kappa shape index (κ1) is 65.9. The number of unbranched alkanes of at least 4 members (excludes halogenated alkanes) is 11. The highest BCUT2D eigenvalue weighted by Crippen LogP contribution is 2.43. The Kier molecular flexibility index (Phi) is 48.2. The first-order valence-corrected chi connectivity index (χ1v) is 27.9. The molecule has 396 valence electrons.